The van der Waals surface area contributed by atoms with Gasteiger partial charge in [-0.15, -0.1) is 0 Å². The Balaban J connectivity index is 2.32. The second-order valence-corrected chi connectivity index (χ2v) is 6.23. The number of nitrogens with one attached hydrogen (secondary N) is 1. The SMILES string of the molecule is O=S(=O)(Nc1ccc(F)cc1)c1ccc(F)c(Br)c1. The number of hydrogen-bond donors (Lipinski definition) is 1. The number of sulfonamides is 1. The van der Waals surface area contributed by atoms with E-state index in [1.165, 1.54) is 12.1 Å². The number of anilines is 1. The lowest BCUT2D eigenvalue weighted by Gasteiger charge is -2.08. The van der Waals surface area contributed by atoms with E-state index in [9.17, 15) is 17.2 Å². The first-order valence-electron chi connectivity index (χ1n) is 5.12. The summed E-state index contributed by atoms with van der Waals surface area (Å²) < 4.78 is 52.1. The van der Waals surface area contributed by atoms with Crippen LogP contribution in [0.25, 0.3) is 0 Å². The van der Waals surface area contributed by atoms with E-state index in [4.69, 9.17) is 0 Å². The summed E-state index contributed by atoms with van der Waals surface area (Å²) in [5, 5.41) is 0. The summed E-state index contributed by atoms with van der Waals surface area (Å²) in [7, 11) is -3.83. The van der Waals surface area contributed by atoms with Gasteiger partial charge >= 0.3 is 0 Å². The molecule has 2 aromatic rings. The van der Waals surface area contributed by atoms with Crippen molar-refractivity contribution >= 4 is 31.6 Å². The number of rotatable bonds is 3. The molecule has 1 N–H and O–H groups in total. The minimum Gasteiger partial charge on any atom is -0.280 e. The Morgan fingerprint density at radius 2 is 1.63 bits per heavy atom. The van der Waals surface area contributed by atoms with E-state index in [-0.39, 0.29) is 15.1 Å². The zero-order chi connectivity index (χ0) is 14.0. The van der Waals surface area contributed by atoms with E-state index in [2.05, 4.69) is 20.7 Å². The lowest BCUT2D eigenvalue weighted by atomic mass is 10.3. The van der Waals surface area contributed by atoms with Crippen LogP contribution in [0.3, 0.4) is 0 Å². The molecule has 0 saturated carbocycles. The molecule has 0 amide bonds. The maximum atomic E-state index is 13.1. The van der Waals surface area contributed by atoms with Crippen molar-refractivity contribution in [3.63, 3.8) is 0 Å². The molecular weight excluding hydrogens is 340 g/mol. The summed E-state index contributed by atoms with van der Waals surface area (Å²) in [6, 6.07) is 8.21. The molecule has 3 nitrogen and oxygen atoms in total. The van der Waals surface area contributed by atoms with Gasteiger partial charge in [-0.05, 0) is 58.4 Å². The molecule has 100 valence electrons. The average Bonchev–Trinajstić information content (AvgIpc) is 2.35. The molecule has 0 unspecified atom stereocenters. The molecule has 19 heavy (non-hydrogen) atoms. The molecule has 0 bridgehead atoms. The normalized spacial score (nSPS) is 11.3. The fraction of sp³-hybridized carbons (Fsp3) is 0. The first kappa shape index (κ1) is 14.0. The van der Waals surface area contributed by atoms with Gasteiger partial charge in [0.05, 0.1) is 9.37 Å². The minimum absolute atomic E-state index is 0.0504. The first-order chi connectivity index (χ1) is 8.88. The van der Waals surface area contributed by atoms with Gasteiger partial charge in [0.1, 0.15) is 11.6 Å². The Hall–Kier alpha value is -1.47. The van der Waals surface area contributed by atoms with Crippen LogP contribution in [0.1, 0.15) is 0 Å². The van der Waals surface area contributed by atoms with Crippen LogP contribution in [0.2, 0.25) is 0 Å². The quantitative estimate of drug-likeness (QED) is 0.923. The molecule has 0 saturated heterocycles. The van der Waals surface area contributed by atoms with E-state index in [0.717, 1.165) is 30.3 Å². The van der Waals surface area contributed by atoms with Gasteiger partial charge in [-0.2, -0.15) is 0 Å². The predicted octanol–water partition coefficient (Wildman–Crippen LogP) is 3.53. The van der Waals surface area contributed by atoms with Gasteiger partial charge in [0.2, 0.25) is 0 Å². The zero-order valence-corrected chi connectivity index (χ0v) is 11.8. The predicted molar refractivity (Wildman–Crippen MR) is 71.3 cm³/mol. The smallest absolute Gasteiger partial charge is 0.261 e. The molecular formula is C12H8BrF2NO2S. The van der Waals surface area contributed by atoms with Gasteiger partial charge in [0, 0.05) is 5.69 Å². The van der Waals surface area contributed by atoms with Crippen molar-refractivity contribution in [3.8, 4) is 0 Å². The largest absolute Gasteiger partial charge is 0.280 e. The third-order valence-electron chi connectivity index (χ3n) is 2.30. The van der Waals surface area contributed by atoms with Crippen molar-refractivity contribution in [2.75, 3.05) is 4.72 Å². The number of benzene rings is 2. The fourth-order valence-electron chi connectivity index (χ4n) is 1.38. The molecule has 0 spiro atoms. The molecule has 0 aliphatic heterocycles. The van der Waals surface area contributed by atoms with Crippen molar-refractivity contribution in [1.29, 1.82) is 0 Å². The highest BCUT2D eigenvalue weighted by molar-refractivity contribution is 9.10. The van der Waals surface area contributed by atoms with E-state index in [1.807, 2.05) is 0 Å². The van der Waals surface area contributed by atoms with Gasteiger partial charge in [-0.25, -0.2) is 17.2 Å². The first-order valence-corrected chi connectivity index (χ1v) is 7.39. The van der Waals surface area contributed by atoms with Gasteiger partial charge in [0.15, 0.2) is 0 Å². The molecule has 0 fully saturated rings. The molecule has 0 heterocycles. The Morgan fingerprint density at radius 3 is 2.21 bits per heavy atom. The summed E-state index contributed by atoms with van der Waals surface area (Å²) in [5.41, 5.74) is 0.224. The second-order valence-electron chi connectivity index (χ2n) is 3.69. The third kappa shape index (κ3) is 3.30. The van der Waals surface area contributed by atoms with Crippen molar-refractivity contribution in [2.45, 2.75) is 4.90 Å². The average molecular weight is 348 g/mol. The Labute approximate surface area is 117 Å². The monoisotopic (exact) mass is 347 g/mol. The van der Waals surface area contributed by atoms with Gasteiger partial charge < -0.3 is 0 Å². The van der Waals surface area contributed by atoms with Crippen molar-refractivity contribution in [2.24, 2.45) is 0 Å². The molecule has 0 aromatic heterocycles. The van der Waals surface area contributed by atoms with Crippen LogP contribution in [0.15, 0.2) is 51.8 Å². The standard InChI is InChI=1S/C12H8BrF2NO2S/c13-11-7-10(5-6-12(11)15)19(17,18)16-9-3-1-8(14)2-4-9/h1-7,16H. The van der Waals surface area contributed by atoms with Crippen LogP contribution in [0.4, 0.5) is 14.5 Å². The lowest BCUT2D eigenvalue weighted by Crippen LogP contribution is -2.13. The third-order valence-corrected chi connectivity index (χ3v) is 4.28. The Kier molecular flexibility index (Phi) is 3.86. The molecule has 2 rings (SSSR count). The van der Waals surface area contributed by atoms with E-state index < -0.39 is 21.7 Å². The summed E-state index contributed by atoms with van der Waals surface area (Å²) >= 11 is 2.92. The maximum Gasteiger partial charge on any atom is 0.261 e. The molecule has 7 heteroatoms. The lowest BCUT2D eigenvalue weighted by molar-refractivity contribution is 0.598. The van der Waals surface area contributed by atoms with E-state index in [0.29, 0.717) is 0 Å². The van der Waals surface area contributed by atoms with Crippen LogP contribution in [-0.2, 0) is 10.0 Å². The second kappa shape index (κ2) is 5.26. The summed E-state index contributed by atoms with van der Waals surface area (Å²) in [4.78, 5) is -0.0925. The molecule has 2 aromatic carbocycles. The van der Waals surface area contributed by atoms with Crippen LogP contribution in [-0.4, -0.2) is 8.42 Å². The fourth-order valence-corrected chi connectivity index (χ4v) is 2.99. The topological polar surface area (TPSA) is 46.2 Å². The number of hydrogen-bond acceptors (Lipinski definition) is 2. The minimum atomic E-state index is -3.83. The zero-order valence-electron chi connectivity index (χ0n) is 9.40. The van der Waals surface area contributed by atoms with E-state index >= 15 is 0 Å². The van der Waals surface area contributed by atoms with Gasteiger partial charge in [-0.1, -0.05) is 0 Å². The highest BCUT2D eigenvalue weighted by atomic mass is 79.9. The van der Waals surface area contributed by atoms with Gasteiger partial charge in [-0.3, -0.25) is 4.72 Å². The van der Waals surface area contributed by atoms with Crippen molar-refractivity contribution in [3.05, 3.63) is 58.6 Å². The molecule has 0 aliphatic carbocycles. The van der Waals surface area contributed by atoms with Crippen LogP contribution in [0, 0.1) is 11.6 Å². The van der Waals surface area contributed by atoms with Crippen LogP contribution in [0.5, 0.6) is 0 Å². The maximum absolute atomic E-state index is 13.1. The Bertz CT molecular complexity index is 702. The molecule has 0 aliphatic rings. The van der Waals surface area contributed by atoms with E-state index in [1.54, 1.807) is 0 Å². The Morgan fingerprint density at radius 1 is 1.00 bits per heavy atom. The van der Waals surface area contributed by atoms with Gasteiger partial charge in [0.25, 0.3) is 10.0 Å². The molecule has 0 radical (unpaired) electrons. The van der Waals surface area contributed by atoms with Crippen LogP contribution >= 0.6 is 15.9 Å². The summed E-state index contributed by atoms with van der Waals surface area (Å²) in [6.07, 6.45) is 0. The number of halogens is 3. The van der Waals surface area contributed by atoms with Crippen molar-refractivity contribution in [1.82, 2.24) is 0 Å². The van der Waals surface area contributed by atoms with Crippen LogP contribution < -0.4 is 4.72 Å². The highest BCUT2D eigenvalue weighted by Gasteiger charge is 2.15. The highest BCUT2D eigenvalue weighted by Crippen LogP contribution is 2.22. The molecule has 0 atom stereocenters. The summed E-state index contributed by atoms with van der Waals surface area (Å²) in [5.74, 6) is -1.02. The van der Waals surface area contributed by atoms with Crippen molar-refractivity contribution < 1.29 is 17.2 Å². The summed E-state index contributed by atoms with van der Waals surface area (Å²) in [6.45, 7) is 0.